The molecular formula is C15H21FN2O3S. The van der Waals surface area contributed by atoms with Gasteiger partial charge in [0.05, 0.1) is 11.5 Å². The normalized spacial score (nSPS) is 28.6. The Labute approximate surface area is 130 Å². The van der Waals surface area contributed by atoms with E-state index in [0.29, 0.717) is 18.1 Å². The van der Waals surface area contributed by atoms with Crippen molar-refractivity contribution < 1.29 is 17.5 Å². The Hall–Kier alpha value is -1.21. The van der Waals surface area contributed by atoms with Gasteiger partial charge in [0.2, 0.25) is 0 Å². The number of pyridine rings is 1. The van der Waals surface area contributed by atoms with Crippen LogP contribution in [0.5, 0.6) is 5.88 Å². The van der Waals surface area contributed by atoms with Gasteiger partial charge in [-0.3, -0.25) is 4.90 Å². The molecule has 2 saturated heterocycles. The summed E-state index contributed by atoms with van der Waals surface area (Å²) in [6.45, 7) is 2.43. The molecule has 1 aromatic heterocycles. The van der Waals surface area contributed by atoms with Crippen LogP contribution in [-0.4, -0.2) is 55.5 Å². The number of likely N-dealkylation sites (tertiary alicyclic amines) is 1. The molecule has 5 nitrogen and oxygen atoms in total. The number of hydrogen-bond donors (Lipinski definition) is 0. The van der Waals surface area contributed by atoms with Crippen LogP contribution in [0.4, 0.5) is 4.39 Å². The first-order chi connectivity index (χ1) is 10.5. The molecule has 0 unspecified atom stereocenters. The SMILES string of the molecule is O=S1(=O)CC[C@@H](CN2CCC[C@@H](Oc3ncccc3F)C2)C1. The van der Waals surface area contributed by atoms with Crippen LogP contribution in [0.1, 0.15) is 19.3 Å². The van der Waals surface area contributed by atoms with E-state index >= 15 is 0 Å². The standard InChI is InChI=1S/C15H21FN2O3S/c16-14-4-1-6-17-15(14)21-13-3-2-7-18(10-13)9-12-5-8-22(19,20)11-12/h1,4,6,12-13H,2-3,5,7-11H2/t12-,13+/m0/s1. The lowest BCUT2D eigenvalue weighted by molar-refractivity contribution is 0.0743. The lowest BCUT2D eigenvalue weighted by atomic mass is 10.0. The summed E-state index contributed by atoms with van der Waals surface area (Å²) in [4.78, 5) is 6.16. The van der Waals surface area contributed by atoms with Crippen LogP contribution in [0.15, 0.2) is 18.3 Å². The smallest absolute Gasteiger partial charge is 0.250 e. The largest absolute Gasteiger partial charge is 0.471 e. The van der Waals surface area contributed by atoms with E-state index < -0.39 is 15.7 Å². The van der Waals surface area contributed by atoms with Gasteiger partial charge in [-0.1, -0.05) is 0 Å². The van der Waals surface area contributed by atoms with E-state index in [1.165, 1.54) is 18.3 Å². The Bertz CT molecular complexity index is 623. The molecule has 2 atom stereocenters. The van der Waals surface area contributed by atoms with Gasteiger partial charge in [0, 0.05) is 19.3 Å². The quantitative estimate of drug-likeness (QED) is 0.838. The Morgan fingerprint density at radius 2 is 2.27 bits per heavy atom. The van der Waals surface area contributed by atoms with Gasteiger partial charge < -0.3 is 4.74 Å². The van der Waals surface area contributed by atoms with Crippen molar-refractivity contribution >= 4 is 9.84 Å². The van der Waals surface area contributed by atoms with Crippen LogP contribution in [-0.2, 0) is 9.84 Å². The molecule has 1 aromatic rings. The highest BCUT2D eigenvalue weighted by molar-refractivity contribution is 7.91. The third kappa shape index (κ3) is 3.95. The predicted molar refractivity (Wildman–Crippen MR) is 81.0 cm³/mol. The molecule has 0 saturated carbocycles. The zero-order valence-electron chi connectivity index (χ0n) is 12.4. The highest BCUT2D eigenvalue weighted by atomic mass is 32.2. The topological polar surface area (TPSA) is 59.5 Å². The number of aromatic nitrogens is 1. The first-order valence-corrected chi connectivity index (χ1v) is 9.54. The number of ether oxygens (including phenoxy) is 1. The summed E-state index contributed by atoms with van der Waals surface area (Å²) >= 11 is 0. The Morgan fingerprint density at radius 1 is 1.41 bits per heavy atom. The van der Waals surface area contributed by atoms with Gasteiger partial charge >= 0.3 is 0 Å². The van der Waals surface area contributed by atoms with Gasteiger partial charge in [-0.2, -0.15) is 0 Å². The van der Waals surface area contributed by atoms with Gasteiger partial charge in [0.1, 0.15) is 6.10 Å². The third-order valence-electron chi connectivity index (χ3n) is 4.31. The van der Waals surface area contributed by atoms with Gasteiger partial charge in [0.15, 0.2) is 15.7 Å². The molecule has 0 N–H and O–H groups in total. The molecule has 0 bridgehead atoms. The van der Waals surface area contributed by atoms with Gasteiger partial charge in [-0.25, -0.2) is 17.8 Å². The summed E-state index contributed by atoms with van der Waals surface area (Å²) in [5.41, 5.74) is 0. The number of halogens is 1. The second kappa shape index (κ2) is 6.50. The zero-order valence-corrected chi connectivity index (χ0v) is 13.3. The minimum atomic E-state index is -2.83. The molecule has 0 spiro atoms. The summed E-state index contributed by atoms with van der Waals surface area (Å²) in [6, 6.07) is 2.88. The summed E-state index contributed by atoms with van der Waals surface area (Å²) in [6.07, 6.45) is 4.02. The van der Waals surface area contributed by atoms with Crippen molar-refractivity contribution in [2.24, 2.45) is 5.92 Å². The van der Waals surface area contributed by atoms with Gasteiger partial charge in [-0.05, 0) is 43.9 Å². The van der Waals surface area contributed by atoms with Crippen LogP contribution < -0.4 is 4.74 Å². The molecule has 3 rings (SSSR count). The fourth-order valence-corrected chi connectivity index (χ4v) is 5.12. The molecule has 2 fully saturated rings. The summed E-state index contributed by atoms with van der Waals surface area (Å²) in [7, 11) is -2.83. The van der Waals surface area contributed by atoms with Crippen LogP contribution >= 0.6 is 0 Å². The van der Waals surface area contributed by atoms with Gasteiger partial charge in [0.25, 0.3) is 5.88 Å². The molecule has 0 aromatic carbocycles. The van der Waals surface area contributed by atoms with E-state index in [0.717, 1.165) is 32.4 Å². The number of piperidine rings is 1. The molecule has 0 radical (unpaired) electrons. The van der Waals surface area contributed by atoms with Crippen LogP contribution in [0.25, 0.3) is 0 Å². The maximum Gasteiger partial charge on any atom is 0.250 e. The maximum atomic E-state index is 13.6. The fraction of sp³-hybridized carbons (Fsp3) is 0.667. The summed E-state index contributed by atoms with van der Waals surface area (Å²) in [5.74, 6) is 0.434. The predicted octanol–water partition coefficient (Wildman–Crippen LogP) is 1.50. The van der Waals surface area contributed by atoms with E-state index in [1.54, 1.807) is 0 Å². The molecule has 22 heavy (non-hydrogen) atoms. The molecule has 2 aliphatic heterocycles. The van der Waals surface area contributed by atoms with E-state index in [1.807, 2.05) is 0 Å². The van der Waals surface area contributed by atoms with Crippen molar-refractivity contribution in [2.45, 2.75) is 25.4 Å². The van der Waals surface area contributed by atoms with Crippen molar-refractivity contribution in [3.63, 3.8) is 0 Å². The highest BCUT2D eigenvalue weighted by Crippen LogP contribution is 2.23. The molecule has 3 heterocycles. The third-order valence-corrected chi connectivity index (χ3v) is 6.15. The first kappa shape index (κ1) is 15.7. The van der Waals surface area contributed by atoms with Crippen molar-refractivity contribution in [1.29, 1.82) is 0 Å². The second-order valence-electron chi connectivity index (χ2n) is 6.20. The molecule has 0 aliphatic carbocycles. The molecule has 122 valence electrons. The average molecular weight is 328 g/mol. The van der Waals surface area contributed by atoms with Crippen molar-refractivity contribution in [1.82, 2.24) is 9.88 Å². The van der Waals surface area contributed by atoms with Crippen LogP contribution in [0, 0.1) is 11.7 Å². The molecular weight excluding hydrogens is 307 g/mol. The van der Waals surface area contributed by atoms with Crippen molar-refractivity contribution in [3.05, 3.63) is 24.1 Å². The minimum absolute atomic E-state index is 0.0535. The molecule has 7 heteroatoms. The lowest BCUT2D eigenvalue weighted by Crippen LogP contribution is -2.43. The fourth-order valence-electron chi connectivity index (χ4n) is 3.27. The maximum absolute atomic E-state index is 13.6. The average Bonchev–Trinajstić information content (AvgIpc) is 2.81. The number of nitrogens with zero attached hydrogens (tertiary/aromatic N) is 2. The first-order valence-electron chi connectivity index (χ1n) is 7.72. The molecule has 0 amide bonds. The van der Waals surface area contributed by atoms with E-state index in [4.69, 9.17) is 4.74 Å². The summed E-state index contributed by atoms with van der Waals surface area (Å²) < 4.78 is 42.3. The summed E-state index contributed by atoms with van der Waals surface area (Å²) in [5, 5.41) is 0. The highest BCUT2D eigenvalue weighted by Gasteiger charge is 2.31. The monoisotopic (exact) mass is 328 g/mol. The number of hydrogen-bond acceptors (Lipinski definition) is 5. The molecule has 2 aliphatic rings. The Kier molecular flexibility index (Phi) is 4.63. The van der Waals surface area contributed by atoms with Crippen molar-refractivity contribution in [3.8, 4) is 5.88 Å². The van der Waals surface area contributed by atoms with Crippen LogP contribution in [0.3, 0.4) is 0 Å². The Balaban J connectivity index is 1.55. The Morgan fingerprint density at radius 3 is 3.00 bits per heavy atom. The van der Waals surface area contributed by atoms with E-state index in [2.05, 4.69) is 9.88 Å². The van der Waals surface area contributed by atoms with E-state index in [9.17, 15) is 12.8 Å². The van der Waals surface area contributed by atoms with Gasteiger partial charge in [-0.15, -0.1) is 0 Å². The zero-order chi connectivity index (χ0) is 15.6. The van der Waals surface area contributed by atoms with Crippen LogP contribution in [0.2, 0.25) is 0 Å². The van der Waals surface area contributed by atoms with Crippen molar-refractivity contribution in [2.75, 3.05) is 31.1 Å². The number of rotatable bonds is 4. The second-order valence-corrected chi connectivity index (χ2v) is 8.43. The van der Waals surface area contributed by atoms with E-state index in [-0.39, 0.29) is 17.9 Å². The minimum Gasteiger partial charge on any atom is -0.471 e. The lowest BCUT2D eigenvalue weighted by Gasteiger charge is -2.33. The number of sulfone groups is 1.